The van der Waals surface area contributed by atoms with E-state index in [0.29, 0.717) is 11.0 Å². The molecule has 1 atom stereocenters. The van der Waals surface area contributed by atoms with Crippen LogP contribution in [-0.4, -0.2) is 0 Å². The molecule has 0 unspecified atom stereocenters. The summed E-state index contributed by atoms with van der Waals surface area (Å²) < 4.78 is 26.9. The second-order valence-corrected chi connectivity index (χ2v) is 5.16. The van der Waals surface area contributed by atoms with Crippen molar-refractivity contribution in [2.45, 2.75) is 19.5 Å². The van der Waals surface area contributed by atoms with Crippen LogP contribution in [0.4, 0.5) is 8.78 Å². The van der Waals surface area contributed by atoms with Gasteiger partial charge in [0.1, 0.15) is 11.6 Å². The first kappa shape index (κ1) is 14.2. The molecule has 1 N–H and O–H groups in total. The van der Waals surface area contributed by atoms with Crippen LogP contribution in [-0.2, 0) is 6.54 Å². The molecule has 0 amide bonds. The SMILES string of the molecule is C[C@H](NCc1cccc(F)c1Br)c1cccc(F)c1. The van der Waals surface area contributed by atoms with Crippen LogP contribution in [0.1, 0.15) is 24.1 Å². The zero-order chi connectivity index (χ0) is 13.8. The molecule has 2 aromatic rings. The molecule has 1 nitrogen and oxygen atoms in total. The summed E-state index contributed by atoms with van der Waals surface area (Å²) >= 11 is 3.22. The number of hydrogen-bond acceptors (Lipinski definition) is 1. The summed E-state index contributed by atoms with van der Waals surface area (Å²) in [6.07, 6.45) is 0. The lowest BCUT2D eigenvalue weighted by molar-refractivity contribution is 0.559. The third kappa shape index (κ3) is 3.61. The first-order valence-electron chi connectivity index (χ1n) is 5.99. The molecule has 0 fully saturated rings. The zero-order valence-corrected chi connectivity index (χ0v) is 12.0. The Morgan fingerprint density at radius 3 is 2.63 bits per heavy atom. The van der Waals surface area contributed by atoms with Crippen molar-refractivity contribution in [2.24, 2.45) is 0 Å². The molecule has 100 valence electrons. The standard InChI is InChI=1S/C15H14BrF2N/c1-10(11-4-2-6-13(17)8-11)19-9-12-5-3-7-14(18)15(12)16/h2-8,10,19H,9H2,1H3/t10-/m0/s1. The van der Waals surface area contributed by atoms with Gasteiger partial charge in [-0.1, -0.05) is 24.3 Å². The van der Waals surface area contributed by atoms with Gasteiger partial charge in [-0.2, -0.15) is 0 Å². The fourth-order valence-electron chi connectivity index (χ4n) is 1.84. The van der Waals surface area contributed by atoms with Gasteiger partial charge in [-0.05, 0) is 52.2 Å². The predicted octanol–water partition coefficient (Wildman–Crippen LogP) is 4.58. The van der Waals surface area contributed by atoms with E-state index in [4.69, 9.17) is 0 Å². The Labute approximate surface area is 119 Å². The van der Waals surface area contributed by atoms with Gasteiger partial charge in [-0.3, -0.25) is 0 Å². The van der Waals surface area contributed by atoms with Crippen LogP contribution in [0, 0.1) is 11.6 Å². The summed E-state index contributed by atoms with van der Waals surface area (Å²) in [5.41, 5.74) is 1.70. The average molecular weight is 326 g/mol. The smallest absolute Gasteiger partial charge is 0.137 e. The van der Waals surface area contributed by atoms with Crippen LogP contribution < -0.4 is 5.32 Å². The van der Waals surface area contributed by atoms with Crippen LogP contribution in [0.5, 0.6) is 0 Å². The third-order valence-electron chi connectivity index (χ3n) is 2.98. The van der Waals surface area contributed by atoms with E-state index < -0.39 is 0 Å². The fraction of sp³-hybridized carbons (Fsp3) is 0.200. The second kappa shape index (κ2) is 6.26. The van der Waals surface area contributed by atoms with Gasteiger partial charge in [-0.15, -0.1) is 0 Å². The van der Waals surface area contributed by atoms with Crippen molar-refractivity contribution in [3.63, 3.8) is 0 Å². The third-order valence-corrected chi connectivity index (χ3v) is 3.87. The second-order valence-electron chi connectivity index (χ2n) is 4.37. The first-order valence-corrected chi connectivity index (χ1v) is 6.79. The van der Waals surface area contributed by atoms with E-state index >= 15 is 0 Å². The molecule has 0 saturated carbocycles. The normalized spacial score (nSPS) is 12.4. The minimum Gasteiger partial charge on any atom is -0.306 e. The molecule has 0 aromatic heterocycles. The minimum atomic E-state index is -0.280. The van der Waals surface area contributed by atoms with Crippen LogP contribution in [0.25, 0.3) is 0 Å². The molecule has 19 heavy (non-hydrogen) atoms. The summed E-state index contributed by atoms with van der Waals surface area (Å²) in [4.78, 5) is 0. The van der Waals surface area contributed by atoms with Gasteiger partial charge in [-0.25, -0.2) is 8.78 Å². The summed E-state index contributed by atoms with van der Waals surface area (Å²) in [7, 11) is 0. The largest absolute Gasteiger partial charge is 0.306 e. The summed E-state index contributed by atoms with van der Waals surface area (Å²) in [5, 5.41) is 3.25. The Balaban J connectivity index is 2.04. The molecular formula is C15H14BrF2N. The van der Waals surface area contributed by atoms with Crippen LogP contribution >= 0.6 is 15.9 Å². The van der Waals surface area contributed by atoms with E-state index in [1.807, 2.05) is 19.1 Å². The highest BCUT2D eigenvalue weighted by atomic mass is 79.9. The molecule has 0 bridgehead atoms. The first-order chi connectivity index (χ1) is 9.08. The van der Waals surface area contributed by atoms with E-state index in [1.165, 1.54) is 18.2 Å². The molecule has 0 saturated heterocycles. The highest BCUT2D eigenvalue weighted by molar-refractivity contribution is 9.10. The average Bonchev–Trinajstić information content (AvgIpc) is 2.40. The number of nitrogens with one attached hydrogen (secondary N) is 1. The fourth-order valence-corrected chi connectivity index (χ4v) is 2.25. The number of benzene rings is 2. The van der Waals surface area contributed by atoms with Crippen molar-refractivity contribution in [3.05, 3.63) is 69.7 Å². The highest BCUT2D eigenvalue weighted by Crippen LogP contribution is 2.21. The van der Waals surface area contributed by atoms with Crippen molar-refractivity contribution >= 4 is 15.9 Å². The quantitative estimate of drug-likeness (QED) is 0.867. The van der Waals surface area contributed by atoms with Gasteiger partial charge in [0.15, 0.2) is 0 Å². The molecular weight excluding hydrogens is 312 g/mol. The molecule has 0 radical (unpaired) electrons. The van der Waals surface area contributed by atoms with Crippen molar-refractivity contribution in [1.29, 1.82) is 0 Å². The molecule has 4 heteroatoms. The van der Waals surface area contributed by atoms with Crippen molar-refractivity contribution in [3.8, 4) is 0 Å². The topological polar surface area (TPSA) is 12.0 Å². The van der Waals surface area contributed by atoms with Gasteiger partial charge in [0, 0.05) is 12.6 Å². The Morgan fingerprint density at radius 2 is 1.89 bits per heavy atom. The zero-order valence-electron chi connectivity index (χ0n) is 10.5. The molecule has 0 heterocycles. The van der Waals surface area contributed by atoms with E-state index in [2.05, 4.69) is 21.2 Å². The van der Waals surface area contributed by atoms with Crippen LogP contribution in [0.15, 0.2) is 46.9 Å². The molecule has 0 aliphatic heterocycles. The van der Waals surface area contributed by atoms with E-state index in [-0.39, 0.29) is 17.7 Å². The highest BCUT2D eigenvalue weighted by Gasteiger charge is 2.08. The van der Waals surface area contributed by atoms with Gasteiger partial charge in [0.2, 0.25) is 0 Å². The minimum absolute atomic E-state index is 0.00846. The molecule has 0 spiro atoms. The maximum absolute atomic E-state index is 13.4. The van der Waals surface area contributed by atoms with Crippen molar-refractivity contribution < 1.29 is 8.78 Å². The Hall–Kier alpha value is -1.26. The summed E-state index contributed by atoms with van der Waals surface area (Å²) in [5.74, 6) is -0.532. The van der Waals surface area contributed by atoms with E-state index in [9.17, 15) is 8.78 Å². The molecule has 0 aliphatic rings. The number of halogens is 3. The lowest BCUT2D eigenvalue weighted by Crippen LogP contribution is -2.18. The Bertz CT molecular complexity index is 572. The van der Waals surface area contributed by atoms with Gasteiger partial charge < -0.3 is 5.32 Å². The lowest BCUT2D eigenvalue weighted by Gasteiger charge is -2.15. The molecule has 0 aliphatic carbocycles. The summed E-state index contributed by atoms with van der Waals surface area (Å²) in [6.45, 7) is 2.46. The Kier molecular flexibility index (Phi) is 4.66. The Morgan fingerprint density at radius 1 is 1.16 bits per heavy atom. The van der Waals surface area contributed by atoms with Crippen molar-refractivity contribution in [2.75, 3.05) is 0 Å². The maximum atomic E-state index is 13.4. The predicted molar refractivity (Wildman–Crippen MR) is 75.8 cm³/mol. The van der Waals surface area contributed by atoms with Gasteiger partial charge >= 0.3 is 0 Å². The molecule has 2 rings (SSSR count). The van der Waals surface area contributed by atoms with Crippen LogP contribution in [0.3, 0.4) is 0 Å². The van der Waals surface area contributed by atoms with Crippen LogP contribution in [0.2, 0.25) is 0 Å². The monoisotopic (exact) mass is 325 g/mol. The maximum Gasteiger partial charge on any atom is 0.137 e. The van der Waals surface area contributed by atoms with Gasteiger partial charge in [0.05, 0.1) is 4.47 Å². The van der Waals surface area contributed by atoms with E-state index in [1.54, 1.807) is 12.1 Å². The number of hydrogen-bond donors (Lipinski definition) is 1. The summed E-state index contributed by atoms with van der Waals surface area (Å²) in [6, 6.07) is 11.4. The molecule has 2 aromatic carbocycles. The number of rotatable bonds is 4. The van der Waals surface area contributed by atoms with Crippen molar-refractivity contribution in [1.82, 2.24) is 5.32 Å². The lowest BCUT2D eigenvalue weighted by atomic mass is 10.1. The van der Waals surface area contributed by atoms with Gasteiger partial charge in [0.25, 0.3) is 0 Å². The van der Waals surface area contributed by atoms with E-state index in [0.717, 1.165) is 11.1 Å².